The minimum Gasteiger partial charge on any atom is -0.484 e. The SMILES string of the molecule is CC[C@@H](C)c1ccc(OCC(=O)N2CCN(c3ccc(C(F)(F)F)cc3[N+](=O)[O-])CC2)cc1. The van der Waals surface area contributed by atoms with Gasteiger partial charge in [-0.2, -0.15) is 13.2 Å². The van der Waals surface area contributed by atoms with Crippen LogP contribution in [0, 0.1) is 10.1 Å². The Morgan fingerprint density at radius 3 is 2.30 bits per heavy atom. The molecule has 0 bridgehead atoms. The van der Waals surface area contributed by atoms with Crippen molar-refractivity contribution in [2.75, 3.05) is 37.7 Å². The Bertz CT molecular complexity index is 987. The third-order valence-corrected chi connectivity index (χ3v) is 5.90. The maximum atomic E-state index is 12.9. The monoisotopic (exact) mass is 465 g/mol. The van der Waals surface area contributed by atoms with E-state index in [4.69, 9.17) is 4.74 Å². The van der Waals surface area contributed by atoms with Gasteiger partial charge in [-0.25, -0.2) is 0 Å². The zero-order valence-corrected chi connectivity index (χ0v) is 18.5. The van der Waals surface area contributed by atoms with Crippen LogP contribution in [-0.2, 0) is 11.0 Å². The summed E-state index contributed by atoms with van der Waals surface area (Å²) in [4.78, 5) is 26.2. The van der Waals surface area contributed by atoms with Crippen molar-refractivity contribution in [2.45, 2.75) is 32.4 Å². The summed E-state index contributed by atoms with van der Waals surface area (Å²) >= 11 is 0. The molecule has 2 aromatic carbocycles. The van der Waals surface area contributed by atoms with Gasteiger partial charge in [0.25, 0.3) is 11.6 Å². The molecule has 0 N–H and O–H groups in total. The number of nitrogens with zero attached hydrogens (tertiary/aromatic N) is 3. The van der Waals surface area contributed by atoms with Crippen LogP contribution < -0.4 is 9.64 Å². The average molecular weight is 465 g/mol. The lowest BCUT2D eigenvalue weighted by Crippen LogP contribution is -2.50. The Labute approximate surface area is 189 Å². The highest BCUT2D eigenvalue weighted by Crippen LogP contribution is 2.36. The number of piperazine rings is 1. The zero-order chi connectivity index (χ0) is 24.2. The van der Waals surface area contributed by atoms with Crippen molar-refractivity contribution < 1.29 is 27.6 Å². The van der Waals surface area contributed by atoms with Crippen molar-refractivity contribution in [3.8, 4) is 5.75 Å². The maximum absolute atomic E-state index is 12.9. The molecule has 1 fully saturated rings. The smallest absolute Gasteiger partial charge is 0.416 e. The van der Waals surface area contributed by atoms with Crippen molar-refractivity contribution in [3.05, 3.63) is 63.7 Å². The number of carbonyl (C=O) groups excluding carboxylic acids is 1. The van der Waals surface area contributed by atoms with Crippen LogP contribution in [0.2, 0.25) is 0 Å². The lowest BCUT2D eigenvalue weighted by molar-refractivity contribution is -0.384. The van der Waals surface area contributed by atoms with Gasteiger partial charge in [0.1, 0.15) is 11.4 Å². The van der Waals surface area contributed by atoms with Gasteiger partial charge < -0.3 is 14.5 Å². The number of benzene rings is 2. The first-order valence-electron chi connectivity index (χ1n) is 10.7. The van der Waals surface area contributed by atoms with Crippen molar-refractivity contribution in [3.63, 3.8) is 0 Å². The molecular weight excluding hydrogens is 439 g/mol. The number of nitro benzene ring substituents is 1. The standard InChI is InChI=1S/C23H26F3N3O4/c1-3-16(2)17-4-7-19(8-5-17)33-15-22(30)28-12-10-27(11-13-28)20-9-6-18(23(24,25)26)14-21(20)29(31)32/h4-9,14,16H,3,10-13,15H2,1-2H3/t16-/m1/s1. The lowest BCUT2D eigenvalue weighted by atomic mass is 9.99. The van der Waals surface area contributed by atoms with E-state index >= 15 is 0 Å². The first-order valence-corrected chi connectivity index (χ1v) is 10.7. The minimum atomic E-state index is -4.66. The van der Waals surface area contributed by atoms with Crippen molar-refractivity contribution in [2.24, 2.45) is 0 Å². The molecule has 2 aromatic rings. The van der Waals surface area contributed by atoms with Gasteiger partial charge in [0.05, 0.1) is 10.5 Å². The molecule has 1 atom stereocenters. The third-order valence-electron chi connectivity index (χ3n) is 5.90. The fourth-order valence-electron chi connectivity index (χ4n) is 3.67. The van der Waals surface area contributed by atoms with Crippen LogP contribution in [0.15, 0.2) is 42.5 Å². The van der Waals surface area contributed by atoms with E-state index in [1.165, 1.54) is 5.56 Å². The van der Waals surface area contributed by atoms with Crippen LogP contribution >= 0.6 is 0 Å². The highest BCUT2D eigenvalue weighted by molar-refractivity contribution is 5.78. The number of rotatable bonds is 7. The van der Waals surface area contributed by atoms with Crippen LogP contribution in [0.3, 0.4) is 0 Å². The molecule has 0 saturated carbocycles. The van der Waals surface area contributed by atoms with E-state index in [9.17, 15) is 28.1 Å². The van der Waals surface area contributed by atoms with Gasteiger partial charge in [-0.3, -0.25) is 14.9 Å². The largest absolute Gasteiger partial charge is 0.484 e. The topological polar surface area (TPSA) is 75.9 Å². The number of anilines is 1. The molecule has 0 aromatic heterocycles. The molecule has 0 aliphatic carbocycles. The molecule has 0 spiro atoms. The lowest BCUT2D eigenvalue weighted by Gasteiger charge is -2.35. The Kier molecular flexibility index (Phi) is 7.45. The second kappa shape index (κ2) is 10.1. The van der Waals surface area contributed by atoms with Crippen LogP contribution in [0.1, 0.15) is 37.3 Å². The number of nitro groups is 1. The summed E-state index contributed by atoms with van der Waals surface area (Å²) in [6, 6.07) is 10.1. The van der Waals surface area contributed by atoms with Crippen molar-refractivity contribution >= 4 is 17.3 Å². The van der Waals surface area contributed by atoms with E-state index in [1.54, 1.807) is 9.80 Å². The van der Waals surface area contributed by atoms with Crippen LogP contribution in [-0.4, -0.2) is 48.5 Å². The highest BCUT2D eigenvalue weighted by Gasteiger charge is 2.34. The molecule has 0 radical (unpaired) electrons. The van der Waals surface area contributed by atoms with Gasteiger partial charge in [-0.1, -0.05) is 26.0 Å². The number of ether oxygens (including phenoxy) is 1. The van der Waals surface area contributed by atoms with Gasteiger partial charge in [0.2, 0.25) is 0 Å². The molecule has 0 unspecified atom stereocenters. The van der Waals surface area contributed by atoms with E-state index in [0.717, 1.165) is 18.6 Å². The van der Waals surface area contributed by atoms with Gasteiger partial charge in [0.15, 0.2) is 6.61 Å². The highest BCUT2D eigenvalue weighted by atomic mass is 19.4. The molecule has 33 heavy (non-hydrogen) atoms. The normalized spacial score (nSPS) is 15.3. The Morgan fingerprint density at radius 2 is 1.76 bits per heavy atom. The van der Waals surface area contributed by atoms with E-state index < -0.39 is 22.4 Å². The second-order valence-electron chi connectivity index (χ2n) is 7.99. The first kappa shape index (κ1) is 24.3. The predicted molar refractivity (Wildman–Crippen MR) is 118 cm³/mol. The van der Waals surface area contributed by atoms with Crippen LogP contribution in [0.4, 0.5) is 24.5 Å². The molecule has 3 rings (SSSR count). The maximum Gasteiger partial charge on any atom is 0.416 e. The van der Waals surface area contributed by atoms with Gasteiger partial charge in [-0.15, -0.1) is 0 Å². The van der Waals surface area contributed by atoms with E-state index in [1.807, 2.05) is 24.3 Å². The molecule has 1 heterocycles. The summed E-state index contributed by atoms with van der Waals surface area (Å²) < 4.78 is 44.4. The average Bonchev–Trinajstić information content (AvgIpc) is 2.81. The summed E-state index contributed by atoms with van der Waals surface area (Å²) in [6.45, 7) is 5.22. The molecule has 1 saturated heterocycles. The molecular formula is C23H26F3N3O4. The molecule has 178 valence electrons. The molecule has 1 aliphatic rings. The van der Waals surface area contributed by atoms with E-state index in [0.29, 0.717) is 17.7 Å². The first-order chi connectivity index (χ1) is 15.6. The molecule has 10 heteroatoms. The van der Waals surface area contributed by atoms with Gasteiger partial charge in [0, 0.05) is 32.2 Å². The van der Waals surface area contributed by atoms with Crippen LogP contribution in [0.5, 0.6) is 5.75 Å². The molecule has 7 nitrogen and oxygen atoms in total. The summed E-state index contributed by atoms with van der Waals surface area (Å²) in [5, 5.41) is 11.3. The Balaban J connectivity index is 1.57. The fourth-order valence-corrected chi connectivity index (χ4v) is 3.67. The number of alkyl halides is 3. The molecule has 1 amide bonds. The number of halogens is 3. The second-order valence-corrected chi connectivity index (χ2v) is 7.99. The Hall–Kier alpha value is -3.30. The number of hydrogen-bond acceptors (Lipinski definition) is 5. The zero-order valence-electron chi connectivity index (χ0n) is 18.5. The van der Waals surface area contributed by atoms with E-state index in [-0.39, 0.29) is 44.4 Å². The van der Waals surface area contributed by atoms with Gasteiger partial charge in [-0.05, 0) is 42.2 Å². The van der Waals surface area contributed by atoms with E-state index in [2.05, 4.69) is 13.8 Å². The summed E-state index contributed by atoms with van der Waals surface area (Å²) in [5.41, 5.74) is -0.364. The quantitative estimate of drug-likeness (QED) is 0.431. The summed E-state index contributed by atoms with van der Waals surface area (Å²) in [6.07, 6.45) is -3.64. The fraction of sp³-hybridized carbons (Fsp3) is 0.435. The van der Waals surface area contributed by atoms with Crippen molar-refractivity contribution in [1.82, 2.24) is 4.90 Å². The number of amides is 1. The van der Waals surface area contributed by atoms with Gasteiger partial charge >= 0.3 is 6.18 Å². The third kappa shape index (κ3) is 5.94. The summed E-state index contributed by atoms with van der Waals surface area (Å²) in [7, 11) is 0. The Morgan fingerprint density at radius 1 is 1.12 bits per heavy atom. The molecule has 1 aliphatic heterocycles. The minimum absolute atomic E-state index is 0.109. The number of carbonyl (C=O) groups is 1. The number of hydrogen-bond donors (Lipinski definition) is 0. The summed E-state index contributed by atoms with van der Waals surface area (Å²) in [5.74, 6) is 0.814. The van der Waals surface area contributed by atoms with Crippen molar-refractivity contribution in [1.29, 1.82) is 0 Å². The van der Waals surface area contributed by atoms with Crippen LogP contribution in [0.25, 0.3) is 0 Å². The predicted octanol–water partition coefficient (Wildman–Crippen LogP) is 4.85.